The van der Waals surface area contributed by atoms with Crippen molar-refractivity contribution in [1.82, 2.24) is 0 Å². The van der Waals surface area contributed by atoms with Crippen LogP contribution in [0.3, 0.4) is 0 Å². The average Bonchev–Trinajstić information content (AvgIpc) is 4.13. The molecule has 2 atom stereocenters. The third-order valence-electron chi connectivity index (χ3n) is 14.4. The monoisotopic (exact) mass is 880 g/mol. The molecule has 2 unspecified atom stereocenters. The van der Waals surface area contributed by atoms with Crippen LogP contribution in [0.25, 0.3) is 0 Å². The lowest BCUT2D eigenvalue weighted by molar-refractivity contribution is -0.0673. The maximum atomic E-state index is 6.71. The molecule has 3 aliphatic carbocycles. The topological polar surface area (TPSA) is 55.4 Å². The van der Waals surface area contributed by atoms with E-state index in [1.807, 2.05) is 0 Å². The van der Waals surface area contributed by atoms with Crippen LogP contribution >= 0.6 is 17.2 Å². The highest BCUT2D eigenvalue weighted by atomic mass is 31.2. The summed E-state index contributed by atoms with van der Waals surface area (Å²) in [5, 5.41) is 0. The first kappa shape index (κ1) is 44.1. The van der Waals surface area contributed by atoms with Gasteiger partial charge in [0, 0.05) is 32.8 Å². The molecule has 0 radical (unpaired) electrons. The Morgan fingerprint density at radius 1 is 0.524 bits per heavy atom. The number of allylic oxidation sites excluding steroid dienone is 10. The molecule has 1 saturated carbocycles. The molecule has 4 aromatic carbocycles. The summed E-state index contributed by atoms with van der Waals surface area (Å²) in [4.78, 5) is 0. The standard InChI is InChI=1S/C55H62O6P2/c1-51(2,40-21-15-11-16-22-40)43-28-30-49(47(33-43)52(3,4)41-23-13-9-10-14-24-41)60-62-56-35-55(36-57-62)37-58-63(59-38-55)61-50-31-29-44(54(7,8)46-27-19-20-39-32-45(39)46)34-48(50)53(5,6)42-25-17-12-18-26-42/h9-23,25-31,33-34,39,45H,24,32,35-38H2,1-8H3. The van der Waals surface area contributed by atoms with E-state index in [0.29, 0.717) is 38.3 Å². The number of fused-ring (bicyclic) bond motifs is 1. The molecule has 0 amide bonds. The lowest BCUT2D eigenvalue weighted by atomic mass is 9.71. The molecule has 2 heterocycles. The predicted molar refractivity (Wildman–Crippen MR) is 257 cm³/mol. The molecule has 1 spiro atoms. The van der Waals surface area contributed by atoms with E-state index in [1.165, 1.54) is 39.8 Å². The maximum Gasteiger partial charge on any atom is 0.397 e. The average molecular weight is 881 g/mol. The van der Waals surface area contributed by atoms with Gasteiger partial charge in [-0.2, -0.15) is 0 Å². The van der Waals surface area contributed by atoms with E-state index in [4.69, 9.17) is 27.1 Å². The third-order valence-corrected chi connectivity index (χ3v) is 16.4. The van der Waals surface area contributed by atoms with E-state index in [1.54, 1.807) is 0 Å². The van der Waals surface area contributed by atoms with Gasteiger partial charge in [0.25, 0.3) is 0 Å². The minimum atomic E-state index is -1.67. The highest BCUT2D eigenvalue weighted by molar-refractivity contribution is 7.42. The molecular weight excluding hydrogens is 819 g/mol. The molecule has 0 bridgehead atoms. The van der Waals surface area contributed by atoms with Gasteiger partial charge in [0.1, 0.15) is 11.5 Å². The van der Waals surface area contributed by atoms with Gasteiger partial charge in [0.15, 0.2) is 0 Å². The fourth-order valence-electron chi connectivity index (χ4n) is 9.62. The van der Waals surface area contributed by atoms with Crippen molar-refractivity contribution in [3.05, 3.63) is 190 Å². The van der Waals surface area contributed by atoms with Crippen LogP contribution < -0.4 is 9.05 Å². The summed E-state index contributed by atoms with van der Waals surface area (Å²) in [5.74, 6) is 2.88. The molecule has 0 aromatic heterocycles. The van der Waals surface area contributed by atoms with E-state index >= 15 is 0 Å². The SMILES string of the molecule is CC(C)(C1=CC=CC2CC12)c1ccc(OP2OCC3(COP(Oc4ccc(C(C)(C)c5ccccc5)cc4C(C)(C)C4=CC=CC=CC4)OC3)CO2)c(C(C)(C)c2ccccc2)c1. The Labute approximate surface area is 378 Å². The van der Waals surface area contributed by atoms with Crippen LogP contribution in [0.1, 0.15) is 102 Å². The number of hydrogen-bond acceptors (Lipinski definition) is 6. The lowest BCUT2D eigenvalue weighted by Crippen LogP contribution is -2.45. The van der Waals surface area contributed by atoms with Crippen molar-refractivity contribution in [1.29, 1.82) is 0 Å². The molecule has 2 saturated heterocycles. The second-order valence-corrected chi connectivity index (χ2v) is 22.4. The van der Waals surface area contributed by atoms with Crippen LogP contribution in [0.5, 0.6) is 11.5 Å². The van der Waals surface area contributed by atoms with Gasteiger partial charge in [-0.05, 0) is 59.1 Å². The molecule has 63 heavy (non-hydrogen) atoms. The molecule has 8 heteroatoms. The van der Waals surface area contributed by atoms with Crippen molar-refractivity contribution >= 4 is 17.2 Å². The summed E-state index contributed by atoms with van der Waals surface area (Å²) < 4.78 is 39.1. The summed E-state index contributed by atoms with van der Waals surface area (Å²) in [5.41, 5.74) is 8.55. The van der Waals surface area contributed by atoms with Gasteiger partial charge in [0.2, 0.25) is 0 Å². The Bertz CT molecular complexity index is 2440. The van der Waals surface area contributed by atoms with Crippen molar-refractivity contribution in [3.63, 3.8) is 0 Å². The first-order valence-corrected chi connectivity index (χ1v) is 24.7. The minimum Gasteiger partial charge on any atom is -0.426 e. The fraction of sp³-hybridized carbons (Fsp3) is 0.382. The molecule has 2 aliphatic heterocycles. The lowest BCUT2D eigenvalue weighted by Gasteiger charge is -2.42. The molecule has 3 fully saturated rings. The normalized spacial score (nSPS) is 24.9. The quantitative estimate of drug-likeness (QED) is 0.132. The second kappa shape index (κ2) is 17.4. The summed E-state index contributed by atoms with van der Waals surface area (Å²) in [6, 6.07) is 34.7. The van der Waals surface area contributed by atoms with Gasteiger partial charge in [-0.1, -0.05) is 200 Å². The fourth-order valence-corrected chi connectivity index (χ4v) is 12.1. The minimum absolute atomic E-state index is 0.119. The van der Waals surface area contributed by atoms with Crippen LogP contribution in [0.15, 0.2) is 157 Å². The molecule has 0 N–H and O–H groups in total. The van der Waals surface area contributed by atoms with Gasteiger partial charge in [0.05, 0.1) is 31.8 Å². The molecule has 5 aliphatic rings. The molecule has 9 rings (SSSR count). The van der Waals surface area contributed by atoms with Crippen molar-refractivity contribution < 1.29 is 27.1 Å². The third kappa shape index (κ3) is 8.85. The summed E-state index contributed by atoms with van der Waals surface area (Å²) in [6.45, 7) is 20.0. The summed E-state index contributed by atoms with van der Waals surface area (Å²) in [6.07, 6.45) is 19.8. The van der Waals surface area contributed by atoms with E-state index in [0.717, 1.165) is 29.0 Å². The summed E-state index contributed by atoms with van der Waals surface area (Å²) >= 11 is 0. The highest BCUT2D eigenvalue weighted by Crippen LogP contribution is 2.57. The van der Waals surface area contributed by atoms with Crippen LogP contribution in [0.2, 0.25) is 0 Å². The first-order chi connectivity index (χ1) is 30.2. The van der Waals surface area contributed by atoms with Crippen molar-refractivity contribution in [3.8, 4) is 11.5 Å². The Morgan fingerprint density at radius 3 is 1.62 bits per heavy atom. The zero-order valence-corrected chi connectivity index (χ0v) is 39.9. The molecular formula is C55H62O6P2. The second-order valence-electron chi connectivity index (χ2n) is 20.1. The Kier molecular flexibility index (Phi) is 12.1. The van der Waals surface area contributed by atoms with Crippen LogP contribution in [0, 0.1) is 17.3 Å². The van der Waals surface area contributed by atoms with Crippen molar-refractivity contribution in [2.45, 2.75) is 89.9 Å². The number of hydrogen-bond donors (Lipinski definition) is 0. The molecule has 328 valence electrons. The largest absolute Gasteiger partial charge is 0.426 e. The number of rotatable bonds is 12. The molecule has 6 nitrogen and oxygen atoms in total. The van der Waals surface area contributed by atoms with E-state index in [9.17, 15) is 0 Å². The van der Waals surface area contributed by atoms with Gasteiger partial charge in [-0.15, -0.1) is 0 Å². The van der Waals surface area contributed by atoms with Crippen molar-refractivity contribution in [2.24, 2.45) is 17.3 Å². The van der Waals surface area contributed by atoms with Gasteiger partial charge < -0.3 is 27.1 Å². The molecule has 4 aromatic rings. The zero-order valence-electron chi connectivity index (χ0n) is 38.1. The van der Waals surface area contributed by atoms with Gasteiger partial charge >= 0.3 is 17.2 Å². The Morgan fingerprint density at radius 2 is 1.05 bits per heavy atom. The van der Waals surface area contributed by atoms with Gasteiger partial charge in [-0.3, -0.25) is 0 Å². The van der Waals surface area contributed by atoms with Crippen LogP contribution in [-0.2, 0) is 39.8 Å². The van der Waals surface area contributed by atoms with E-state index in [-0.39, 0.29) is 21.7 Å². The highest BCUT2D eigenvalue weighted by Gasteiger charge is 2.47. The Balaban J connectivity index is 0.898. The number of benzene rings is 4. The zero-order chi connectivity index (χ0) is 44.0. The van der Waals surface area contributed by atoms with Crippen LogP contribution in [-0.4, -0.2) is 26.4 Å². The van der Waals surface area contributed by atoms with E-state index < -0.39 is 22.6 Å². The van der Waals surface area contributed by atoms with Crippen molar-refractivity contribution in [2.75, 3.05) is 26.4 Å². The summed E-state index contributed by atoms with van der Waals surface area (Å²) in [7, 11) is -3.33. The Hall–Kier alpha value is -4.12. The predicted octanol–water partition coefficient (Wildman–Crippen LogP) is 14.5. The van der Waals surface area contributed by atoms with E-state index in [2.05, 4.69) is 201 Å². The smallest absolute Gasteiger partial charge is 0.397 e. The van der Waals surface area contributed by atoms with Crippen LogP contribution in [0.4, 0.5) is 0 Å². The first-order valence-electron chi connectivity index (χ1n) is 22.5. The maximum absolute atomic E-state index is 6.71. The van der Waals surface area contributed by atoms with Gasteiger partial charge in [-0.25, -0.2) is 0 Å².